The van der Waals surface area contributed by atoms with Gasteiger partial charge in [0.15, 0.2) is 0 Å². The van der Waals surface area contributed by atoms with E-state index in [0.717, 1.165) is 18.9 Å². The Morgan fingerprint density at radius 1 is 1.50 bits per heavy atom. The van der Waals surface area contributed by atoms with E-state index in [0.29, 0.717) is 6.04 Å². The van der Waals surface area contributed by atoms with E-state index in [1.165, 1.54) is 32.2 Å². The van der Waals surface area contributed by atoms with E-state index in [-0.39, 0.29) is 5.54 Å². The van der Waals surface area contributed by atoms with Crippen molar-refractivity contribution in [2.24, 2.45) is 0 Å². The summed E-state index contributed by atoms with van der Waals surface area (Å²) in [6.07, 6.45) is 7.16. The lowest BCUT2D eigenvalue weighted by Gasteiger charge is -2.31. The van der Waals surface area contributed by atoms with Crippen LogP contribution in [0.3, 0.4) is 0 Å². The summed E-state index contributed by atoms with van der Waals surface area (Å²) in [6.45, 7) is 3.53. The predicted octanol–water partition coefficient (Wildman–Crippen LogP) is 1.90. The molecule has 0 bridgehead atoms. The smallest absolute Gasteiger partial charge is 0.108 e. The first-order valence-corrected chi connectivity index (χ1v) is 6.60. The molecule has 0 radical (unpaired) electrons. The maximum atomic E-state index is 9.27. The van der Waals surface area contributed by atoms with Gasteiger partial charge in [-0.25, -0.2) is 0 Å². The van der Waals surface area contributed by atoms with Crippen LogP contribution in [0.5, 0.6) is 0 Å². The Bertz CT molecular complexity index is 283. The van der Waals surface area contributed by atoms with E-state index in [2.05, 4.69) is 23.2 Å². The third-order valence-electron chi connectivity index (χ3n) is 4.54. The second kappa shape index (κ2) is 4.73. The summed E-state index contributed by atoms with van der Waals surface area (Å²) in [5, 5.41) is 12.5. The Labute approximate surface area is 98.8 Å². The van der Waals surface area contributed by atoms with Gasteiger partial charge in [0.2, 0.25) is 0 Å². The van der Waals surface area contributed by atoms with Crippen LogP contribution in [-0.4, -0.2) is 36.1 Å². The Hall–Kier alpha value is -0.590. The van der Waals surface area contributed by atoms with E-state index >= 15 is 0 Å². The largest absolute Gasteiger partial charge is 0.302 e. The van der Waals surface area contributed by atoms with Crippen LogP contribution in [0.1, 0.15) is 45.4 Å². The van der Waals surface area contributed by atoms with E-state index in [1.54, 1.807) is 0 Å². The SMILES string of the molecule is CCC1CCCN1C1CCC(C#N)(NC)C1. The van der Waals surface area contributed by atoms with Gasteiger partial charge in [0, 0.05) is 12.1 Å². The highest BCUT2D eigenvalue weighted by Gasteiger charge is 2.42. The molecule has 2 rings (SSSR count). The molecule has 2 aliphatic rings. The molecule has 16 heavy (non-hydrogen) atoms. The average Bonchev–Trinajstić information content (AvgIpc) is 2.95. The molecule has 0 aromatic heterocycles. The summed E-state index contributed by atoms with van der Waals surface area (Å²) < 4.78 is 0. The maximum absolute atomic E-state index is 9.27. The molecule has 1 N–H and O–H groups in total. The topological polar surface area (TPSA) is 39.1 Å². The Morgan fingerprint density at radius 3 is 2.88 bits per heavy atom. The van der Waals surface area contributed by atoms with Gasteiger partial charge in [-0.2, -0.15) is 5.26 Å². The molecule has 3 heteroatoms. The van der Waals surface area contributed by atoms with Gasteiger partial charge in [-0.3, -0.25) is 4.90 Å². The van der Waals surface area contributed by atoms with Gasteiger partial charge >= 0.3 is 0 Å². The third-order valence-corrected chi connectivity index (χ3v) is 4.54. The molecule has 3 unspecified atom stereocenters. The van der Waals surface area contributed by atoms with Gasteiger partial charge in [0.1, 0.15) is 5.54 Å². The van der Waals surface area contributed by atoms with Crippen LogP contribution in [0.15, 0.2) is 0 Å². The van der Waals surface area contributed by atoms with Crippen molar-refractivity contribution in [1.29, 1.82) is 5.26 Å². The van der Waals surface area contributed by atoms with Crippen molar-refractivity contribution in [3.05, 3.63) is 0 Å². The van der Waals surface area contributed by atoms with Gasteiger partial charge in [-0.05, 0) is 52.1 Å². The lowest BCUT2D eigenvalue weighted by molar-refractivity contribution is 0.173. The minimum absolute atomic E-state index is 0.244. The molecule has 90 valence electrons. The molecule has 0 amide bonds. The number of nitrogens with one attached hydrogen (secondary N) is 1. The zero-order chi connectivity index (χ0) is 11.6. The van der Waals surface area contributed by atoms with Crippen molar-refractivity contribution < 1.29 is 0 Å². The van der Waals surface area contributed by atoms with Gasteiger partial charge in [-0.1, -0.05) is 6.92 Å². The quantitative estimate of drug-likeness (QED) is 0.791. The highest BCUT2D eigenvalue weighted by molar-refractivity contribution is 5.13. The lowest BCUT2D eigenvalue weighted by Crippen LogP contribution is -2.43. The third kappa shape index (κ3) is 1.97. The van der Waals surface area contributed by atoms with Crippen LogP contribution in [0.4, 0.5) is 0 Å². The average molecular weight is 221 g/mol. The summed E-state index contributed by atoms with van der Waals surface area (Å²) in [7, 11) is 1.92. The summed E-state index contributed by atoms with van der Waals surface area (Å²) in [6, 6.07) is 3.89. The molecule has 3 nitrogen and oxygen atoms in total. The van der Waals surface area contributed by atoms with Crippen molar-refractivity contribution in [3.63, 3.8) is 0 Å². The second-order valence-electron chi connectivity index (χ2n) is 5.28. The molecule has 1 heterocycles. The fourth-order valence-electron chi connectivity index (χ4n) is 3.46. The maximum Gasteiger partial charge on any atom is 0.108 e. The van der Waals surface area contributed by atoms with Crippen LogP contribution in [0.25, 0.3) is 0 Å². The van der Waals surface area contributed by atoms with Gasteiger partial charge in [-0.15, -0.1) is 0 Å². The molecular formula is C13H23N3. The van der Waals surface area contributed by atoms with E-state index < -0.39 is 0 Å². The molecule has 1 saturated carbocycles. The predicted molar refractivity (Wildman–Crippen MR) is 65.1 cm³/mol. The molecule has 1 aliphatic carbocycles. The fourth-order valence-corrected chi connectivity index (χ4v) is 3.46. The number of nitriles is 1. The molecule has 0 aromatic carbocycles. The van der Waals surface area contributed by atoms with Crippen LogP contribution < -0.4 is 5.32 Å². The molecule has 1 aliphatic heterocycles. The second-order valence-corrected chi connectivity index (χ2v) is 5.28. The zero-order valence-corrected chi connectivity index (χ0v) is 10.5. The highest BCUT2D eigenvalue weighted by atomic mass is 15.2. The fraction of sp³-hybridized carbons (Fsp3) is 0.923. The number of hydrogen-bond donors (Lipinski definition) is 1. The molecule has 3 atom stereocenters. The standard InChI is InChI=1S/C13H23N3/c1-3-11-5-4-8-16(11)12-6-7-13(9-12,10-14)15-2/h11-12,15H,3-9H2,1-2H3. The van der Waals surface area contributed by atoms with Crippen LogP contribution in [0, 0.1) is 11.3 Å². The first-order chi connectivity index (χ1) is 7.74. The monoisotopic (exact) mass is 221 g/mol. The van der Waals surface area contributed by atoms with Gasteiger partial charge < -0.3 is 5.32 Å². The molecule has 0 aromatic rings. The van der Waals surface area contributed by atoms with Gasteiger partial charge in [0.05, 0.1) is 6.07 Å². The molecule has 1 saturated heterocycles. The van der Waals surface area contributed by atoms with Crippen molar-refractivity contribution in [1.82, 2.24) is 10.2 Å². The Balaban J connectivity index is 2.01. The normalized spacial score (nSPS) is 40.1. The van der Waals surface area contributed by atoms with Crippen molar-refractivity contribution >= 4 is 0 Å². The Morgan fingerprint density at radius 2 is 2.31 bits per heavy atom. The molecule has 2 fully saturated rings. The van der Waals surface area contributed by atoms with E-state index in [9.17, 15) is 5.26 Å². The highest BCUT2D eigenvalue weighted by Crippen LogP contribution is 2.36. The zero-order valence-electron chi connectivity index (χ0n) is 10.5. The first-order valence-electron chi connectivity index (χ1n) is 6.60. The minimum atomic E-state index is -0.244. The van der Waals surface area contributed by atoms with E-state index in [1.807, 2.05) is 7.05 Å². The lowest BCUT2D eigenvalue weighted by atomic mass is 9.99. The van der Waals surface area contributed by atoms with Crippen LogP contribution >= 0.6 is 0 Å². The summed E-state index contributed by atoms with van der Waals surface area (Å²) in [5.41, 5.74) is -0.244. The number of rotatable bonds is 3. The van der Waals surface area contributed by atoms with Crippen molar-refractivity contribution in [3.8, 4) is 6.07 Å². The molecule has 0 spiro atoms. The first kappa shape index (κ1) is 11.9. The van der Waals surface area contributed by atoms with Crippen molar-refractivity contribution in [2.45, 2.75) is 63.1 Å². The number of likely N-dealkylation sites (tertiary alicyclic amines) is 1. The van der Waals surface area contributed by atoms with Gasteiger partial charge in [0.25, 0.3) is 0 Å². The Kier molecular flexibility index (Phi) is 3.51. The van der Waals surface area contributed by atoms with Crippen LogP contribution in [-0.2, 0) is 0 Å². The summed E-state index contributed by atoms with van der Waals surface area (Å²) in [5.74, 6) is 0. The number of nitrogens with zero attached hydrogens (tertiary/aromatic N) is 2. The van der Waals surface area contributed by atoms with Crippen molar-refractivity contribution in [2.75, 3.05) is 13.6 Å². The van der Waals surface area contributed by atoms with Crippen LogP contribution in [0.2, 0.25) is 0 Å². The summed E-state index contributed by atoms with van der Waals surface area (Å²) >= 11 is 0. The molecular weight excluding hydrogens is 198 g/mol. The minimum Gasteiger partial charge on any atom is -0.302 e. The summed E-state index contributed by atoms with van der Waals surface area (Å²) in [4.78, 5) is 2.66. The van der Waals surface area contributed by atoms with E-state index in [4.69, 9.17) is 0 Å². The number of hydrogen-bond acceptors (Lipinski definition) is 3.